The summed E-state index contributed by atoms with van der Waals surface area (Å²) in [5.74, 6) is -0.00817. The fraction of sp³-hybridized carbons (Fsp3) is 0.600. The lowest BCUT2D eigenvalue weighted by atomic mass is 10.2. The Hall–Kier alpha value is -1.66. The molecular weight excluding hydrogens is 270 g/mol. The summed E-state index contributed by atoms with van der Waals surface area (Å²) in [7, 11) is 1.74. The first-order valence-corrected chi connectivity index (χ1v) is 7.42. The van der Waals surface area contributed by atoms with Crippen molar-refractivity contribution in [3.05, 3.63) is 34.2 Å². The third kappa shape index (κ3) is 3.71. The molecule has 1 aliphatic heterocycles. The van der Waals surface area contributed by atoms with Gasteiger partial charge < -0.3 is 14.6 Å². The highest BCUT2D eigenvalue weighted by atomic mass is 16.5. The zero-order valence-corrected chi connectivity index (χ0v) is 12.2. The number of hydrogen-bond donors (Lipinski definition) is 1. The molecule has 1 N–H and O–H groups in total. The summed E-state index contributed by atoms with van der Waals surface area (Å²) >= 11 is 0. The van der Waals surface area contributed by atoms with E-state index in [1.807, 2.05) is 6.07 Å². The van der Waals surface area contributed by atoms with Crippen LogP contribution in [0.25, 0.3) is 0 Å². The zero-order valence-electron chi connectivity index (χ0n) is 12.2. The molecule has 1 saturated heterocycles. The maximum absolute atomic E-state index is 12.0. The SMILES string of the molecule is Cn1ccc(CN2CCOC(C(=O)NC3CC3)C2)cc1=O. The van der Waals surface area contributed by atoms with Gasteiger partial charge in [0.05, 0.1) is 6.61 Å². The lowest BCUT2D eigenvalue weighted by Crippen LogP contribution is -2.49. The maximum Gasteiger partial charge on any atom is 0.250 e. The Morgan fingerprint density at radius 1 is 1.48 bits per heavy atom. The van der Waals surface area contributed by atoms with Crippen LogP contribution in [0.3, 0.4) is 0 Å². The topological polar surface area (TPSA) is 63.6 Å². The second-order valence-electron chi connectivity index (χ2n) is 5.86. The first-order chi connectivity index (χ1) is 10.1. The number of nitrogens with zero attached hydrogens (tertiary/aromatic N) is 2. The summed E-state index contributed by atoms with van der Waals surface area (Å²) in [6.45, 7) is 2.58. The van der Waals surface area contributed by atoms with Gasteiger partial charge in [-0.05, 0) is 24.5 Å². The van der Waals surface area contributed by atoms with Crippen LogP contribution in [0.1, 0.15) is 18.4 Å². The van der Waals surface area contributed by atoms with Crippen molar-refractivity contribution in [3.8, 4) is 0 Å². The molecule has 1 amide bonds. The van der Waals surface area contributed by atoms with Crippen LogP contribution in [0.2, 0.25) is 0 Å². The minimum Gasteiger partial charge on any atom is -0.366 e. The molecule has 2 aliphatic rings. The average molecular weight is 291 g/mol. The maximum atomic E-state index is 12.0. The van der Waals surface area contributed by atoms with Gasteiger partial charge in [0.1, 0.15) is 6.10 Å². The molecule has 2 fully saturated rings. The van der Waals surface area contributed by atoms with E-state index in [-0.39, 0.29) is 11.5 Å². The van der Waals surface area contributed by atoms with E-state index >= 15 is 0 Å². The molecule has 2 heterocycles. The molecule has 0 radical (unpaired) electrons. The first kappa shape index (κ1) is 14.3. The fourth-order valence-corrected chi connectivity index (χ4v) is 2.47. The van der Waals surface area contributed by atoms with Crippen LogP contribution >= 0.6 is 0 Å². The summed E-state index contributed by atoms with van der Waals surface area (Å²) in [5, 5.41) is 2.98. The fourth-order valence-electron chi connectivity index (χ4n) is 2.47. The third-order valence-corrected chi connectivity index (χ3v) is 3.94. The number of pyridine rings is 1. The van der Waals surface area contributed by atoms with E-state index in [0.29, 0.717) is 25.7 Å². The molecule has 114 valence electrons. The Bertz CT molecular complexity index is 580. The van der Waals surface area contributed by atoms with Gasteiger partial charge in [-0.3, -0.25) is 14.5 Å². The summed E-state index contributed by atoms with van der Waals surface area (Å²) < 4.78 is 7.11. The van der Waals surface area contributed by atoms with Gasteiger partial charge in [0.25, 0.3) is 11.5 Å². The molecule has 0 aromatic carbocycles. The van der Waals surface area contributed by atoms with Crippen molar-refractivity contribution in [2.24, 2.45) is 7.05 Å². The zero-order chi connectivity index (χ0) is 14.8. The molecule has 6 nitrogen and oxygen atoms in total. The Labute approximate surface area is 123 Å². The number of nitrogens with one attached hydrogen (secondary N) is 1. The lowest BCUT2D eigenvalue weighted by Gasteiger charge is -2.32. The minimum atomic E-state index is -0.397. The lowest BCUT2D eigenvalue weighted by molar-refractivity contribution is -0.138. The van der Waals surface area contributed by atoms with E-state index in [2.05, 4.69) is 10.2 Å². The van der Waals surface area contributed by atoms with E-state index in [0.717, 1.165) is 24.9 Å². The van der Waals surface area contributed by atoms with Crippen molar-refractivity contribution in [2.75, 3.05) is 19.7 Å². The normalized spacial score (nSPS) is 23.0. The Morgan fingerprint density at radius 3 is 3.00 bits per heavy atom. The summed E-state index contributed by atoms with van der Waals surface area (Å²) in [4.78, 5) is 25.8. The van der Waals surface area contributed by atoms with E-state index < -0.39 is 6.10 Å². The van der Waals surface area contributed by atoms with Crippen LogP contribution < -0.4 is 10.9 Å². The number of amides is 1. The molecule has 1 aliphatic carbocycles. The van der Waals surface area contributed by atoms with Gasteiger partial charge >= 0.3 is 0 Å². The van der Waals surface area contributed by atoms with Gasteiger partial charge in [-0.2, -0.15) is 0 Å². The summed E-state index contributed by atoms with van der Waals surface area (Å²) in [6, 6.07) is 3.94. The van der Waals surface area contributed by atoms with E-state index in [4.69, 9.17) is 4.74 Å². The molecule has 1 aromatic heterocycles. The number of morpholine rings is 1. The van der Waals surface area contributed by atoms with Gasteiger partial charge in [0.15, 0.2) is 0 Å². The van der Waals surface area contributed by atoms with Crippen molar-refractivity contribution < 1.29 is 9.53 Å². The smallest absolute Gasteiger partial charge is 0.250 e. The molecule has 1 saturated carbocycles. The number of ether oxygens (including phenoxy) is 1. The highest BCUT2D eigenvalue weighted by Gasteiger charge is 2.31. The van der Waals surface area contributed by atoms with Crippen molar-refractivity contribution in [1.82, 2.24) is 14.8 Å². The van der Waals surface area contributed by atoms with E-state index in [1.165, 1.54) is 0 Å². The van der Waals surface area contributed by atoms with Gasteiger partial charge in [-0.25, -0.2) is 0 Å². The van der Waals surface area contributed by atoms with E-state index in [1.54, 1.807) is 23.9 Å². The van der Waals surface area contributed by atoms with Crippen LogP contribution in [0.15, 0.2) is 23.1 Å². The number of rotatable bonds is 4. The van der Waals surface area contributed by atoms with Crippen molar-refractivity contribution in [1.29, 1.82) is 0 Å². The molecule has 1 aromatic rings. The van der Waals surface area contributed by atoms with Crippen LogP contribution in [0.4, 0.5) is 0 Å². The Balaban J connectivity index is 1.58. The molecule has 3 rings (SSSR count). The van der Waals surface area contributed by atoms with E-state index in [9.17, 15) is 9.59 Å². The van der Waals surface area contributed by atoms with Crippen LogP contribution in [0, 0.1) is 0 Å². The van der Waals surface area contributed by atoms with Gasteiger partial charge in [0.2, 0.25) is 0 Å². The van der Waals surface area contributed by atoms with Crippen LogP contribution in [-0.4, -0.2) is 47.2 Å². The summed E-state index contributed by atoms with van der Waals surface area (Å²) in [5.41, 5.74) is 0.963. The number of aryl methyl sites for hydroxylation is 1. The summed E-state index contributed by atoms with van der Waals surface area (Å²) in [6.07, 6.45) is 3.53. The number of carbonyl (C=O) groups is 1. The number of hydrogen-bond acceptors (Lipinski definition) is 4. The van der Waals surface area contributed by atoms with Crippen LogP contribution in [-0.2, 0) is 23.1 Å². The molecular formula is C15H21N3O3. The van der Waals surface area contributed by atoms with Gasteiger partial charge in [0, 0.05) is 45.0 Å². The Morgan fingerprint density at radius 2 is 2.29 bits per heavy atom. The van der Waals surface area contributed by atoms with Crippen molar-refractivity contribution in [3.63, 3.8) is 0 Å². The van der Waals surface area contributed by atoms with Crippen molar-refractivity contribution >= 4 is 5.91 Å². The quantitative estimate of drug-likeness (QED) is 0.839. The average Bonchev–Trinajstić information content (AvgIpc) is 3.27. The number of aromatic nitrogens is 1. The molecule has 0 bridgehead atoms. The second-order valence-corrected chi connectivity index (χ2v) is 5.86. The minimum absolute atomic E-state index is 0.00817. The predicted molar refractivity (Wildman–Crippen MR) is 77.9 cm³/mol. The van der Waals surface area contributed by atoms with Crippen molar-refractivity contribution in [2.45, 2.75) is 31.5 Å². The molecule has 21 heavy (non-hydrogen) atoms. The number of carbonyl (C=O) groups excluding carboxylic acids is 1. The van der Waals surface area contributed by atoms with Gasteiger partial charge in [-0.15, -0.1) is 0 Å². The molecule has 6 heteroatoms. The van der Waals surface area contributed by atoms with Crippen LogP contribution in [0.5, 0.6) is 0 Å². The largest absolute Gasteiger partial charge is 0.366 e. The standard InChI is InChI=1S/C15H21N3O3/c1-17-5-4-11(8-14(17)19)9-18-6-7-21-13(10-18)15(20)16-12-2-3-12/h4-5,8,12-13H,2-3,6-7,9-10H2,1H3,(H,16,20). The highest BCUT2D eigenvalue weighted by molar-refractivity contribution is 5.81. The molecule has 0 spiro atoms. The monoisotopic (exact) mass is 291 g/mol. The molecule has 1 atom stereocenters. The Kier molecular flexibility index (Phi) is 4.07. The third-order valence-electron chi connectivity index (χ3n) is 3.94. The predicted octanol–water partition coefficient (Wildman–Crippen LogP) is -0.135. The second kappa shape index (κ2) is 5.99. The van der Waals surface area contributed by atoms with Gasteiger partial charge in [-0.1, -0.05) is 0 Å². The first-order valence-electron chi connectivity index (χ1n) is 7.42. The highest BCUT2D eigenvalue weighted by Crippen LogP contribution is 2.19. The molecule has 1 unspecified atom stereocenters.